The Hall–Kier alpha value is -0.860. The molecule has 1 fully saturated rings. The van der Waals surface area contributed by atoms with Gasteiger partial charge in [0.05, 0.1) is 5.54 Å². The van der Waals surface area contributed by atoms with Crippen LogP contribution in [-0.4, -0.2) is 13.1 Å². The fourth-order valence-corrected chi connectivity index (χ4v) is 2.22. The summed E-state index contributed by atoms with van der Waals surface area (Å²) in [6, 6.07) is 8.71. The zero-order valence-corrected chi connectivity index (χ0v) is 8.72. The topological polar surface area (TPSA) is 38.0 Å². The molecule has 1 aliphatic rings. The Morgan fingerprint density at radius 3 is 2.57 bits per heavy atom. The highest BCUT2D eigenvalue weighted by molar-refractivity contribution is 5.29. The largest absolute Gasteiger partial charge is 0.328 e. The molecule has 0 amide bonds. The molecule has 1 saturated heterocycles. The molecular formula is C12H18N2. The van der Waals surface area contributed by atoms with Gasteiger partial charge in [0.25, 0.3) is 0 Å². The zero-order valence-electron chi connectivity index (χ0n) is 8.72. The van der Waals surface area contributed by atoms with E-state index in [0.29, 0.717) is 6.54 Å². The van der Waals surface area contributed by atoms with Crippen LogP contribution in [0.2, 0.25) is 0 Å². The van der Waals surface area contributed by atoms with Crippen LogP contribution in [0.4, 0.5) is 0 Å². The molecule has 0 radical (unpaired) electrons. The second kappa shape index (κ2) is 3.71. The summed E-state index contributed by atoms with van der Waals surface area (Å²) in [5.41, 5.74) is 8.57. The maximum atomic E-state index is 5.88. The van der Waals surface area contributed by atoms with Gasteiger partial charge in [-0.1, -0.05) is 29.8 Å². The minimum absolute atomic E-state index is 0.0493. The predicted molar refractivity (Wildman–Crippen MR) is 59.1 cm³/mol. The molecule has 1 aromatic rings. The van der Waals surface area contributed by atoms with Gasteiger partial charge in [-0.15, -0.1) is 0 Å². The fourth-order valence-electron chi connectivity index (χ4n) is 2.22. The van der Waals surface area contributed by atoms with E-state index in [9.17, 15) is 0 Å². The van der Waals surface area contributed by atoms with Gasteiger partial charge in [0.15, 0.2) is 0 Å². The maximum absolute atomic E-state index is 5.88. The predicted octanol–water partition coefficient (Wildman–Crippen LogP) is 1.53. The van der Waals surface area contributed by atoms with Crippen LogP contribution in [0.1, 0.15) is 24.0 Å². The molecule has 3 N–H and O–H groups in total. The Bertz CT molecular complexity index is 297. The third kappa shape index (κ3) is 1.56. The van der Waals surface area contributed by atoms with Gasteiger partial charge in [0, 0.05) is 6.54 Å². The Morgan fingerprint density at radius 2 is 2.07 bits per heavy atom. The van der Waals surface area contributed by atoms with E-state index in [1.807, 2.05) is 0 Å². The standard InChI is InChI=1S/C12H18N2/c1-10-3-5-11(6-4-10)12(9-13)7-2-8-14-12/h3-6,14H,2,7-9,13H2,1H3. The molecular weight excluding hydrogens is 172 g/mol. The third-order valence-corrected chi connectivity index (χ3v) is 3.20. The lowest BCUT2D eigenvalue weighted by atomic mass is 9.88. The third-order valence-electron chi connectivity index (χ3n) is 3.20. The van der Waals surface area contributed by atoms with Crippen molar-refractivity contribution >= 4 is 0 Å². The van der Waals surface area contributed by atoms with Crippen LogP contribution >= 0.6 is 0 Å². The van der Waals surface area contributed by atoms with Crippen molar-refractivity contribution in [1.82, 2.24) is 5.32 Å². The molecule has 2 rings (SSSR count). The summed E-state index contributed by atoms with van der Waals surface area (Å²) in [5.74, 6) is 0. The van der Waals surface area contributed by atoms with Gasteiger partial charge in [-0.05, 0) is 31.9 Å². The van der Waals surface area contributed by atoms with Gasteiger partial charge in [-0.25, -0.2) is 0 Å². The molecule has 0 bridgehead atoms. The summed E-state index contributed by atoms with van der Waals surface area (Å²) < 4.78 is 0. The van der Waals surface area contributed by atoms with Crippen LogP contribution in [0.3, 0.4) is 0 Å². The Balaban J connectivity index is 2.31. The molecule has 1 heterocycles. The first-order chi connectivity index (χ1) is 6.77. The highest BCUT2D eigenvalue weighted by Crippen LogP contribution is 2.29. The quantitative estimate of drug-likeness (QED) is 0.742. The average molecular weight is 190 g/mol. The minimum Gasteiger partial charge on any atom is -0.328 e. The van der Waals surface area contributed by atoms with Crippen molar-refractivity contribution in [2.75, 3.05) is 13.1 Å². The number of nitrogens with one attached hydrogen (secondary N) is 1. The number of hydrogen-bond donors (Lipinski definition) is 2. The van der Waals surface area contributed by atoms with Crippen molar-refractivity contribution < 1.29 is 0 Å². The number of aryl methyl sites for hydroxylation is 1. The Labute approximate surface area is 85.5 Å². The van der Waals surface area contributed by atoms with Crippen LogP contribution in [0.5, 0.6) is 0 Å². The van der Waals surface area contributed by atoms with Crippen LogP contribution in [0.25, 0.3) is 0 Å². The molecule has 1 unspecified atom stereocenters. The zero-order chi connectivity index (χ0) is 10.0. The Kier molecular flexibility index (Phi) is 2.57. The second-order valence-corrected chi connectivity index (χ2v) is 4.18. The van der Waals surface area contributed by atoms with Gasteiger partial charge in [-0.3, -0.25) is 0 Å². The average Bonchev–Trinajstić information content (AvgIpc) is 2.68. The summed E-state index contributed by atoms with van der Waals surface area (Å²) in [6.45, 7) is 3.89. The van der Waals surface area contributed by atoms with E-state index in [-0.39, 0.29) is 5.54 Å². The SMILES string of the molecule is Cc1ccc(C2(CN)CCCN2)cc1. The van der Waals surface area contributed by atoms with Crippen LogP contribution in [0.15, 0.2) is 24.3 Å². The molecule has 1 aliphatic heterocycles. The van der Waals surface area contributed by atoms with Crippen molar-refractivity contribution in [2.45, 2.75) is 25.3 Å². The molecule has 1 aromatic carbocycles. The summed E-state index contributed by atoms with van der Waals surface area (Å²) in [6.07, 6.45) is 2.39. The van der Waals surface area contributed by atoms with Crippen molar-refractivity contribution in [1.29, 1.82) is 0 Å². The van der Waals surface area contributed by atoms with Gasteiger partial charge in [0.1, 0.15) is 0 Å². The lowest BCUT2D eigenvalue weighted by molar-refractivity contribution is 0.402. The van der Waals surface area contributed by atoms with Gasteiger partial charge < -0.3 is 11.1 Å². The number of hydrogen-bond acceptors (Lipinski definition) is 2. The van der Waals surface area contributed by atoms with E-state index in [0.717, 1.165) is 13.0 Å². The van der Waals surface area contributed by atoms with E-state index >= 15 is 0 Å². The smallest absolute Gasteiger partial charge is 0.0559 e. The molecule has 0 spiro atoms. The van der Waals surface area contributed by atoms with E-state index < -0.39 is 0 Å². The van der Waals surface area contributed by atoms with Crippen molar-refractivity contribution in [3.8, 4) is 0 Å². The highest BCUT2D eigenvalue weighted by atomic mass is 15.0. The molecule has 0 aromatic heterocycles. The van der Waals surface area contributed by atoms with E-state index in [1.54, 1.807) is 0 Å². The molecule has 1 atom stereocenters. The minimum atomic E-state index is 0.0493. The lowest BCUT2D eigenvalue weighted by Crippen LogP contribution is -2.43. The maximum Gasteiger partial charge on any atom is 0.0559 e. The van der Waals surface area contributed by atoms with E-state index in [1.165, 1.54) is 17.5 Å². The highest BCUT2D eigenvalue weighted by Gasteiger charge is 2.33. The van der Waals surface area contributed by atoms with Crippen LogP contribution in [-0.2, 0) is 5.54 Å². The number of nitrogens with two attached hydrogens (primary N) is 1. The molecule has 76 valence electrons. The summed E-state index contributed by atoms with van der Waals surface area (Å²) in [5, 5.41) is 3.53. The molecule has 0 aliphatic carbocycles. The van der Waals surface area contributed by atoms with Crippen molar-refractivity contribution in [2.24, 2.45) is 5.73 Å². The number of rotatable bonds is 2. The van der Waals surface area contributed by atoms with Crippen molar-refractivity contribution in [3.05, 3.63) is 35.4 Å². The van der Waals surface area contributed by atoms with Crippen LogP contribution < -0.4 is 11.1 Å². The molecule has 0 saturated carbocycles. The van der Waals surface area contributed by atoms with Crippen molar-refractivity contribution in [3.63, 3.8) is 0 Å². The monoisotopic (exact) mass is 190 g/mol. The van der Waals surface area contributed by atoms with E-state index in [4.69, 9.17) is 5.73 Å². The molecule has 2 heteroatoms. The first-order valence-electron chi connectivity index (χ1n) is 5.29. The Morgan fingerprint density at radius 1 is 1.36 bits per heavy atom. The van der Waals surface area contributed by atoms with Gasteiger partial charge in [0.2, 0.25) is 0 Å². The lowest BCUT2D eigenvalue weighted by Gasteiger charge is -2.28. The van der Waals surface area contributed by atoms with Gasteiger partial charge >= 0.3 is 0 Å². The first-order valence-corrected chi connectivity index (χ1v) is 5.29. The number of benzene rings is 1. The van der Waals surface area contributed by atoms with E-state index in [2.05, 4.69) is 36.5 Å². The second-order valence-electron chi connectivity index (χ2n) is 4.18. The first kappa shape index (κ1) is 9.69. The molecule has 2 nitrogen and oxygen atoms in total. The molecule has 14 heavy (non-hydrogen) atoms. The van der Waals surface area contributed by atoms with Gasteiger partial charge in [-0.2, -0.15) is 0 Å². The summed E-state index contributed by atoms with van der Waals surface area (Å²) in [7, 11) is 0. The fraction of sp³-hybridized carbons (Fsp3) is 0.500. The normalized spacial score (nSPS) is 26.7. The summed E-state index contributed by atoms with van der Waals surface area (Å²) >= 11 is 0. The van der Waals surface area contributed by atoms with Crippen LogP contribution in [0, 0.1) is 6.92 Å². The summed E-state index contributed by atoms with van der Waals surface area (Å²) in [4.78, 5) is 0.